The van der Waals surface area contributed by atoms with Crippen LogP contribution in [0.2, 0.25) is 0 Å². The second-order valence-corrected chi connectivity index (χ2v) is 5.22. The highest BCUT2D eigenvalue weighted by molar-refractivity contribution is 5.78. The third-order valence-corrected chi connectivity index (χ3v) is 3.17. The molecule has 1 rings (SSSR count). The predicted octanol–water partition coefficient (Wildman–Crippen LogP) is 0.535. The molecule has 16 heavy (non-hydrogen) atoms. The highest BCUT2D eigenvalue weighted by atomic mass is 16.2. The van der Waals surface area contributed by atoms with E-state index in [1.165, 1.54) is 0 Å². The quantitative estimate of drug-likeness (QED) is 0.744. The molecule has 0 bridgehead atoms. The number of nitrogens with zero attached hydrogens (tertiary/aromatic N) is 2. The van der Waals surface area contributed by atoms with E-state index in [0.29, 0.717) is 12.6 Å². The SMILES string of the molecule is CC(C)N(C(=O)CN(C)C1CNC1)C(C)C. The van der Waals surface area contributed by atoms with Crippen LogP contribution in [0.25, 0.3) is 0 Å². The van der Waals surface area contributed by atoms with Crippen LogP contribution in [0, 0.1) is 0 Å². The zero-order chi connectivity index (χ0) is 12.3. The van der Waals surface area contributed by atoms with Crippen LogP contribution in [0.5, 0.6) is 0 Å². The van der Waals surface area contributed by atoms with Gasteiger partial charge >= 0.3 is 0 Å². The highest BCUT2D eigenvalue weighted by Crippen LogP contribution is 2.08. The molecule has 4 nitrogen and oxygen atoms in total. The topological polar surface area (TPSA) is 35.6 Å². The van der Waals surface area contributed by atoms with E-state index in [2.05, 4.69) is 37.9 Å². The Hall–Kier alpha value is -0.610. The van der Waals surface area contributed by atoms with Gasteiger partial charge in [0, 0.05) is 31.2 Å². The Balaban J connectivity index is 2.47. The number of hydrogen-bond acceptors (Lipinski definition) is 3. The summed E-state index contributed by atoms with van der Waals surface area (Å²) in [6.45, 7) is 10.8. The Labute approximate surface area is 99.0 Å². The maximum Gasteiger partial charge on any atom is 0.237 e. The van der Waals surface area contributed by atoms with Gasteiger partial charge in [0.15, 0.2) is 0 Å². The van der Waals surface area contributed by atoms with Gasteiger partial charge in [0.1, 0.15) is 0 Å². The Kier molecular flexibility index (Phi) is 4.74. The third-order valence-electron chi connectivity index (χ3n) is 3.17. The smallest absolute Gasteiger partial charge is 0.237 e. The van der Waals surface area contributed by atoms with Crippen LogP contribution < -0.4 is 5.32 Å². The summed E-state index contributed by atoms with van der Waals surface area (Å²) in [5, 5.41) is 3.22. The molecule has 0 aromatic carbocycles. The maximum absolute atomic E-state index is 12.1. The van der Waals surface area contributed by atoms with E-state index in [1.807, 2.05) is 11.9 Å². The van der Waals surface area contributed by atoms with Crippen molar-refractivity contribution in [3.05, 3.63) is 0 Å². The van der Waals surface area contributed by atoms with Gasteiger partial charge in [0.25, 0.3) is 0 Å². The van der Waals surface area contributed by atoms with E-state index in [0.717, 1.165) is 13.1 Å². The lowest BCUT2D eigenvalue weighted by molar-refractivity contribution is -0.136. The maximum atomic E-state index is 12.1. The molecule has 4 heteroatoms. The van der Waals surface area contributed by atoms with Crippen molar-refractivity contribution in [2.24, 2.45) is 0 Å². The molecular weight excluding hydrogens is 202 g/mol. The minimum Gasteiger partial charge on any atom is -0.337 e. The minimum atomic E-state index is 0.236. The molecule has 1 amide bonds. The zero-order valence-corrected chi connectivity index (χ0v) is 11.2. The lowest BCUT2D eigenvalue weighted by atomic mass is 10.1. The lowest BCUT2D eigenvalue weighted by Gasteiger charge is -2.38. The molecule has 0 radical (unpaired) electrons. The molecule has 1 aliphatic rings. The second kappa shape index (κ2) is 5.64. The minimum absolute atomic E-state index is 0.236. The molecule has 1 heterocycles. The summed E-state index contributed by atoms with van der Waals surface area (Å²) in [5.41, 5.74) is 0. The molecular formula is C12H25N3O. The summed E-state index contributed by atoms with van der Waals surface area (Å²) in [5.74, 6) is 0.236. The van der Waals surface area contributed by atoms with E-state index in [1.54, 1.807) is 0 Å². The fourth-order valence-corrected chi connectivity index (χ4v) is 2.18. The molecule has 0 unspecified atom stereocenters. The van der Waals surface area contributed by atoms with Gasteiger partial charge in [-0.05, 0) is 34.7 Å². The molecule has 94 valence electrons. The van der Waals surface area contributed by atoms with Gasteiger partial charge in [-0.25, -0.2) is 0 Å². The number of carbonyl (C=O) groups is 1. The van der Waals surface area contributed by atoms with Crippen molar-refractivity contribution in [1.29, 1.82) is 0 Å². The number of amides is 1. The van der Waals surface area contributed by atoms with Crippen molar-refractivity contribution in [1.82, 2.24) is 15.1 Å². The van der Waals surface area contributed by atoms with Crippen LogP contribution in [0.3, 0.4) is 0 Å². The predicted molar refractivity (Wildman–Crippen MR) is 66.4 cm³/mol. The summed E-state index contributed by atoms with van der Waals surface area (Å²) in [4.78, 5) is 16.3. The Morgan fingerprint density at radius 1 is 1.25 bits per heavy atom. The number of carbonyl (C=O) groups excluding carboxylic acids is 1. The normalized spacial score (nSPS) is 17.0. The Morgan fingerprint density at radius 3 is 2.06 bits per heavy atom. The van der Waals surface area contributed by atoms with Gasteiger partial charge < -0.3 is 10.2 Å². The van der Waals surface area contributed by atoms with E-state index in [4.69, 9.17) is 0 Å². The van der Waals surface area contributed by atoms with Gasteiger partial charge in [-0.1, -0.05) is 0 Å². The highest BCUT2D eigenvalue weighted by Gasteiger charge is 2.26. The fraction of sp³-hybridized carbons (Fsp3) is 0.917. The Morgan fingerprint density at radius 2 is 1.75 bits per heavy atom. The van der Waals surface area contributed by atoms with Crippen molar-refractivity contribution < 1.29 is 4.79 Å². The number of rotatable bonds is 5. The average Bonchev–Trinajstić information content (AvgIpc) is 1.96. The molecule has 0 aromatic heterocycles. The fourth-order valence-electron chi connectivity index (χ4n) is 2.18. The van der Waals surface area contributed by atoms with Gasteiger partial charge in [0.2, 0.25) is 5.91 Å². The van der Waals surface area contributed by atoms with Crippen LogP contribution in [-0.4, -0.2) is 60.5 Å². The summed E-state index contributed by atoms with van der Waals surface area (Å²) in [7, 11) is 2.03. The van der Waals surface area contributed by atoms with Crippen LogP contribution >= 0.6 is 0 Å². The van der Waals surface area contributed by atoms with E-state index in [-0.39, 0.29) is 18.0 Å². The summed E-state index contributed by atoms with van der Waals surface area (Å²) in [6.07, 6.45) is 0. The zero-order valence-electron chi connectivity index (χ0n) is 11.2. The standard InChI is InChI=1S/C12H25N3O/c1-9(2)15(10(3)4)12(16)8-14(5)11-6-13-7-11/h9-11,13H,6-8H2,1-5H3. The molecule has 1 N–H and O–H groups in total. The largest absolute Gasteiger partial charge is 0.337 e. The van der Waals surface area contributed by atoms with Crippen LogP contribution in [-0.2, 0) is 4.79 Å². The first-order valence-corrected chi connectivity index (χ1v) is 6.15. The molecule has 1 saturated heterocycles. The molecule has 0 spiro atoms. The number of likely N-dealkylation sites (N-methyl/N-ethyl adjacent to an activating group) is 1. The van der Waals surface area contributed by atoms with Crippen molar-refractivity contribution in [2.75, 3.05) is 26.7 Å². The van der Waals surface area contributed by atoms with Crippen molar-refractivity contribution in [3.63, 3.8) is 0 Å². The third kappa shape index (κ3) is 3.19. The van der Waals surface area contributed by atoms with Crippen molar-refractivity contribution in [3.8, 4) is 0 Å². The molecule has 1 fully saturated rings. The van der Waals surface area contributed by atoms with Gasteiger partial charge in [-0.3, -0.25) is 9.69 Å². The Bertz CT molecular complexity index is 228. The van der Waals surface area contributed by atoms with Crippen LogP contribution in [0.15, 0.2) is 0 Å². The van der Waals surface area contributed by atoms with Crippen molar-refractivity contribution in [2.45, 2.75) is 45.8 Å². The first-order chi connectivity index (χ1) is 7.43. The van der Waals surface area contributed by atoms with E-state index < -0.39 is 0 Å². The van der Waals surface area contributed by atoms with E-state index >= 15 is 0 Å². The van der Waals surface area contributed by atoms with Crippen molar-refractivity contribution >= 4 is 5.91 Å². The first-order valence-electron chi connectivity index (χ1n) is 6.15. The average molecular weight is 227 g/mol. The molecule has 1 aliphatic heterocycles. The summed E-state index contributed by atoms with van der Waals surface area (Å²) < 4.78 is 0. The first kappa shape index (κ1) is 13.5. The molecule has 0 saturated carbocycles. The summed E-state index contributed by atoms with van der Waals surface area (Å²) >= 11 is 0. The van der Waals surface area contributed by atoms with Crippen LogP contribution in [0.4, 0.5) is 0 Å². The van der Waals surface area contributed by atoms with Gasteiger partial charge in [0.05, 0.1) is 6.54 Å². The monoisotopic (exact) mass is 227 g/mol. The molecule has 0 aliphatic carbocycles. The summed E-state index contributed by atoms with van der Waals surface area (Å²) in [6, 6.07) is 1.09. The second-order valence-electron chi connectivity index (χ2n) is 5.22. The van der Waals surface area contributed by atoms with Crippen LogP contribution in [0.1, 0.15) is 27.7 Å². The van der Waals surface area contributed by atoms with Gasteiger partial charge in [-0.2, -0.15) is 0 Å². The molecule has 0 aromatic rings. The molecule has 0 atom stereocenters. The number of nitrogens with one attached hydrogen (secondary N) is 1. The van der Waals surface area contributed by atoms with Gasteiger partial charge in [-0.15, -0.1) is 0 Å². The lowest BCUT2D eigenvalue weighted by Crippen LogP contribution is -2.58. The van der Waals surface area contributed by atoms with E-state index in [9.17, 15) is 4.79 Å². The number of hydrogen-bond donors (Lipinski definition) is 1.